The van der Waals surface area contributed by atoms with Crippen molar-refractivity contribution >= 4 is 11.9 Å². The summed E-state index contributed by atoms with van der Waals surface area (Å²) in [6.45, 7) is 10.4. The van der Waals surface area contributed by atoms with Crippen LogP contribution in [0.3, 0.4) is 0 Å². The molecule has 6 heteroatoms. The third kappa shape index (κ3) is 7.43. The molecule has 0 aliphatic heterocycles. The minimum atomic E-state index is -0.0884. The molecule has 0 bridgehead atoms. The van der Waals surface area contributed by atoms with Crippen molar-refractivity contribution in [1.82, 2.24) is 16.0 Å². The number of hydrogen-bond acceptors (Lipinski definition) is 3. The maximum absolute atomic E-state index is 11.7. The molecule has 0 aliphatic rings. The molecule has 2 aromatic rings. The van der Waals surface area contributed by atoms with Crippen molar-refractivity contribution in [3.05, 3.63) is 65.2 Å². The summed E-state index contributed by atoms with van der Waals surface area (Å²) in [5.74, 6) is 2.06. The number of aliphatic imine (C=N–C) groups is 1. The SMILES string of the molecule is CCNC(=NCc1ccc(C(=O)NC)cc1)NC(C)c1ccc(OCC(C)C)cc1. The van der Waals surface area contributed by atoms with Crippen molar-refractivity contribution in [3.63, 3.8) is 0 Å². The molecule has 162 valence electrons. The Morgan fingerprint density at radius 3 is 2.27 bits per heavy atom. The average molecular weight is 411 g/mol. The molecule has 0 radical (unpaired) electrons. The van der Waals surface area contributed by atoms with Gasteiger partial charge in [0.05, 0.1) is 19.2 Å². The monoisotopic (exact) mass is 410 g/mol. The van der Waals surface area contributed by atoms with Gasteiger partial charge in [0.15, 0.2) is 5.96 Å². The van der Waals surface area contributed by atoms with Crippen molar-refractivity contribution in [3.8, 4) is 5.75 Å². The van der Waals surface area contributed by atoms with E-state index in [1.807, 2.05) is 43.3 Å². The largest absolute Gasteiger partial charge is 0.493 e. The van der Waals surface area contributed by atoms with Gasteiger partial charge in [0.25, 0.3) is 5.91 Å². The fourth-order valence-corrected chi connectivity index (χ4v) is 2.80. The number of hydrogen-bond donors (Lipinski definition) is 3. The highest BCUT2D eigenvalue weighted by molar-refractivity contribution is 5.93. The molecule has 0 heterocycles. The van der Waals surface area contributed by atoms with Gasteiger partial charge in [-0.3, -0.25) is 4.79 Å². The summed E-state index contributed by atoms with van der Waals surface area (Å²) in [7, 11) is 1.63. The number of nitrogens with zero attached hydrogens (tertiary/aromatic N) is 1. The van der Waals surface area contributed by atoms with Crippen molar-refractivity contribution in [2.75, 3.05) is 20.2 Å². The Bertz CT molecular complexity index is 814. The Kier molecular flexibility index (Phi) is 9.19. The second-order valence-corrected chi connectivity index (χ2v) is 7.61. The number of benzene rings is 2. The highest BCUT2D eigenvalue weighted by Crippen LogP contribution is 2.18. The zero-order chi connectivity index (χ0) is 21.9. The molecule has 0 aliphatic carbocycles. The van der Waals surface area contributed by atoms with Gasteiger partial charge in [-0.1, -0.05) is 38.1 Å². The van der Waals surface area contributed by atoms with Crippen LogP contribution < -0.4 is 20.7 Å². The molecule has 0 spiro atoms. The minimum absolute atomic E-state index is 0.0884. The average Bonchev–Trinajstić information content (AvgIpc) is 2.76. The van der Waals surface area contributed by atoms with Crippen LogP contribution in [0.5, 0.6) is 5.75 Å². The Hall–Kier alpha value is -3.02. The molecule has 1 amide bonds. The first-order chi connectivity index (χ1) is 14.4. The number of nitrogens with one attached hydrogen (secondary N) is 3. The number of carbonyl (C=O) groups excluding carboxylic acids is 1. The second kappa shape index (κ2) is 11.9. The van der Waals surface area contributed by atoms with Gasteiger partial charge in [0, 0.05) is 19.2 Å². The standard InChI is InChI=1S/C24H34N4O2/c1-6-26-24(27-15-19-7-9-21(10-8-19)23(29)25-5)28-18(4)20-11-13-22(14-12-20)30-16-17(2)3/h7-14,17-18H,6,15-16H2,1-5H3,(H,25,29)(H2,26,27,28). The summed E-state index contributed by atoms with van der Waals surface area (Å²) in [5, 5.41) is 9.36. The lowest BCUT2D eigenvalue weighted by Gasteiger charge is -2.19. The normalized spacial score (nSPS) is 12.4. The number of amides is 1. The summed E-state index contributed by atoms with van der Waals surface area (Å²) in [5.41, 5.74) is 2.84. The topological polar surface area (TPSA) is 74.8 Å². The van der Waals surface area contributed by atoms with E-state index in [2.05, 4.69) is 53.8 Å². The van der Waals surface area contributed by atoms with E-state index >= 15 is 0 Å². The van der Waals surface area contributed by atoms with E-state index in [1.54, 1.807) is 7.05 Å². The second-order valence-electron chi connectivity index (χ2n) is 7.61. The van der Waals surface area contributed by atoms with Gasteiger partial charge < -0.3 is 20.7 Å². The molecule has 0 saturated carbocycles. The van der Waals surface area contributed by atoms with E-state index in [4.69, 9.17) is 4.74 Å². The smallest absolute Gasteiger partial charge is 0.251 e. The molecular formula is C24H34N4O2. The van der Waals surface area contributed by atoms with E-state index in [0.29, 0.717) is 24.6 Å². The van der Waals surface area contributed by atoms with Crippen LogP contribution in [-0.2, 0) is 6.54 Å². The number of guanidine groups is 1. The molecule has 0 aromatic heterocycles. The Labute approximate surface area is 180 Å². The van der Waals surface area contributed by atoms with Gasteiger partial charge in [-0.15, -0.1) is 0 Å². The number of carbonyl (C=O) groups is 1. The maximum atomic E-state index is 11.7. The lowest BCUT2D eigenvalue weighted by molar-refractivity contribution is 0.0963. The maximum Gasteiger partial charge on any atom is 0.251 e. The van der Waals surface area contributed by atoms with Crippen LogP contribution in [0, 0.1) is 5.92 Å². The van der Waals surface area contributed by atoms with Crippen molar-refractivity contribution in [1.29, 1.82) is 0 Å². The van der Waals surface area contributed by atoms with E-state index in [1.165, 1.54) is 0 Å². The quantitative estimate of drug-likeness (QED) is 0.433. The first-order valence-electron chi connectivity index (χ1n) is 10.5. The highest BCUT2D eigenvalue weighted by atomic mass is 16.5. The third-order valence-electron chi connectivity index (χ3n) is 4.52. The fourth-order valence-electron chi connectivity index (χ4n) is 2.80. The summed E-state index contributed by atoms with van der Waals surface area (Å²) < 4.78 is 5.76. The number of rotatable bonds is 9. The van der Waals surface area contributed by atoms with Gasteiger partial charge in [0.2, 0.25) is 0 Å². The fraction of sp³-hybridized carbons (Fsp3) is 0.417. The first-order valence-corrected chi connectivity index (χ1v) is 10.5. The lowest BCUT2D eigenvalue weighted by Crippen LogP contribution is -2.38. The number of ether oxygens (including phenoxy) is 1. The zero-order valence-electron chi connectivity index (χ0n) is 18.7. The molecule has 3 N–H and O–H groups in total. The van der Waals surface area contributed by atoms with E-state index in [9.17, 15) is 4.79 Å². The Balaban J connectivity index is 1.99. The predicted octanol–water partition coefficient (Wildman–Crippen LogP) is 3.90. The summed E-state index contributed by atoms with van der Waals surface area (Å²) in [6, 6.07) is 15.8. The zero-order valence-corrected chi connectivity index (χ0v) is 18.7. The van der Waals surface area contributed by atoms with Crippen LogP contribution in [-0.4, -0.2) is 32.1 Å². The van der Waals surface area contributed by atoms with Crippen LogP contribution >= 0.6 is 0 Å². The highest BCUT2D eigenvalue weighted by Gasteiger charge is 2.09. The Morgan fingerprint density at radius 1 is 1.03 bits per heavy atom. The summed E-state index contributed by atoms with van der Waals surface area (Å²) in [6.07, 6.45) is 0. The molecule has 30 heavy (non-hydrogen) atoms. The van der Waals surface area contributed by atoms with Crippen molar-refractivity contribution in [2.45, 2.75) is 40.3 Å². The summed E-state index contributed by atoms with van der Waals surface area (Å²) in [4.78, 5) is 16.3. The summed E-state index contributed by atoms with van der Waals surface area (Å²) >= 11 is 0. The van der Waals surface area contributed by atoms with Gasteiger partial charge in [-0.25, -0.2) is 4.99 Å². The van der Waals surface area contributed by atoms with Gasteiger partial charge in [0.1, 0.15) is 5.75 Å². The van der Waals surface area contributed by atoms with Crippen LogP contribution in [0.4, 0.5) is 0 Å². The molecular weight excluding hydrogens is 376 g/mol. The molecule has 1 atom stereocenters. The van der Waals surface area contributed by atoms with Crippen LogP contribution in [0.2, 0.25) is 0 Å². The minimum Gasteiger partial charge on any atom is -0.493 e. The van der Waals surface area contributed by atoms with E-state index in [-0.39, 0.29) is 11.9 Å². The first kappa shape index (κ1) is 23.3. The third-order valence-corrected chi connectivity index (χ3v) is 4.52. The molecule has 1 unspecified atom stereocenters. The molecule has 2 aromatic carbocycles. The van der Waals surface area contributed by atoms with Crippen LogP contribution in [0.1, 0.15) is 55.2 Å². The van der Waals surface area contributed by atoms with E-state index < -0.39 is 0 Å². The van der Waals surface area contributed by atoms with Gasteiger partial charge >= 0.3 is 0 Å². The Morgan fingerprint density at radius 2 is 1.70 bits per heavy atom. The lowest BCUT2D eigenvalue weighted by atomic mass is 10.1. The van der Waals surface area contributed by atoms with Crippen molar-refractivity contribution in [2.24, 2.45) is 10.9 Å². The van der Waals surface area contributed by atoms with E-state index in [0.717, 1.165) is 29.4 Å². The molecule has 0 fully saturated rings. The molecule has 6 nitrogen and oxygen atoms in total. The predicted molar refractivity (Wildman–Crippen MR) is 123 cm³/mol. The molecule has 2 rings (SSSR count). The van der Waals surface area contributed by atoms with Crippen molar-refractivity contribution < 1.29 is 9.53 Å². The van der Waals surface area contributed by atoms with Gasteiger partial charge in [-0.05, 0) is 55.2 Å². The van der Waals surface area contributed by atoms with Crippen LogP contribution in [0.15, 0.2) is 53.5 Å². The molecule has 0 saturated heterocycles. The van der Waals surface area contributed by atoms with Crippen LogP contribution in [0.25, 0.3) is 0 Å². The van der Waals surface area contributed by atoms with Gasteiger partial charge in [-0.2, -0.15) is 0 Å².